The first kappa shape index (κ1) is 19.1. The summed E-state index contributed by atoms with van der Waals surface area (Å²) in [5.41, 5.74) is 2.40. The molecule has 0 aliphatic rings. The molecule has 7 heteroatoms. The number of esters is 1. The highest BCUT2D eigenvalue weighted by atomic mass is 16.6. The van der Waals surface area contributed by atoms with Crippen molar-refractivity contribution in [1.29, 1.82) is 0 Å². The lowest BCUT2D eigenvalue weighted by Crippen LogP contribution is -2.43. The summed E-state index contributed by atoms with van der Waals surface area (Å²) in [6, 6.07) is 12.6. The molecule has 2 aromatic carbocycles. The quantitative estimate of drug-likeness (QED) is 0.466. The number of benzene rings is 2. The van der Waals surface area contributed by atoms with Crippen LogP contribution >= 0.6 is 0 Å². The smallest absolute Gasteiger partial charge is 0.328 e. The van der Waals surface area contributed by atoms with Crippen molar-refractivity contribution in [3.63, 3.8) is 0 Å². The molecule has 0 spiro atoms. The third kappa shape index (κ3) is 5.41. The van der Waals surface area contributed by atoms with Crippen LogP contribution in [0.15, 0.2) is 48.5 Å². The SMILES string of the molecule is COC(=O)[C@H](Cc1ccc(C)cc1)NC(=O)Cc1cccc([N+](=O)[O-])c1. The highest BCUT2D eigenvalue weighted by Crippen LogP contribution is 2.14. The number of aryl methyl sites for hydroxylation is 1. The third-order valence-electron chi connectivity index (χ3n) is 3.87. The molecule has 0 saturated heterocycles. The topological polar surface area (TPSA) is 98.5 Å². The number of rotatable bonds is 7. The molecule has 1 atom stereocenters. The Bertz CT molecular complexity index is 802. The van der Waals surface area contributed by atoms with E-state index in [-0.39, 0.29) is 12.1 Å². The summed E-state index contributed by atoms with van der Waals surface area (Å²) in [4.78, 5) is 34.6. The lowest BCUT2D eigenvalue weighted by molar-refractivity contribution is -0.384. The Morgan fingerprint density at radius 1 is 1.15 bits per heavy atom. The summed E-state index contributed by atoms with van der Waals surface area (Å²) in [6.45, 7) is 1.96. The average Bonchev–Trinajstić information content (AvgIpc) is 2.62. The summed E-state index contributed by atoms with van der Waals surface area (Å²) in [5, 5.41) is 13.5. The number of amides is 1. The Labute approximate surface area is 151 Å². The van der Waals surface area contributed by atoms with Gasteiger partial charge in [0.2, 0.25) is 5.91 Å². The molecule has 1 N–H and O–H groups in total. The molecule has 0 fully saturated rings. The van der Waals surface area contributed by atoms with Crippen LogP contribution in [0.5, 0.6) is 0 Å². The van der Waals surface area contributed by atoms with Crippen LogP contribution in [0.1, 0.15) is 16.7 Å². The number of ether oxygens (including phenoxy) is 1. The van der Waals surface area contributed by atoms with E-state index in [0.717, 1.165) is 11.1 Å². The van der Waals surface area contributed by atoms with Gasteiger partial charge in [0.15, 0.2) is 0 Å². The van der Waals surface area contributed by atoms with Gasteiger partial charge >= 0.3 is 5.97 Å². The van der Waals surface area contributed by atoms with Crippen molar-refractivity contribution in [2.75, 3.05) is 7.11 Å². The maximum Gasteiger partial charge on any atom is 0.328 e. The first-order valence-electron chi connectivity index (χ1n) is 8.05. The van der Waals surface area contributed by atoms with Crippen LogP contribution in [0.25, 0.3) is 0 Å². The lowest BCUT2D eigenvalue weighted by atomic mass is 10.0. The molecule has 0 radical (unpaired) electrons. The van der Waals surface area contributed by atoms with Crippen molar-refractivity contribution in [2.45, 2.75) is 25.8 Å². The number of hydrogen-bond acceptors (Lipinski definition) is 5. The molecule has 0 aliphatic heterocycles. The van der Waals surface area contributed by atoms with E-state index in [9.17, 15) is 19.7 Å². The monoisotopic (exact) mass is 356 g/mol. The molecule has 2 rings (SSSR count). The maximum atomic E-state index is 12.3. The van der Waals surface area contributed by atoms with Crippen LogP contribution in [0.3, 0.4) is 0 Å². The summed E-state index contributed by atoms with van der Waals surface area (Å²) in [6.07, 6.45) is 0.233. The molecule has 0 heterocycles. The van der Waals surface area contributed by atoms with Crippen molar-refractivity contribution in [3.8, 4) is 0 Å². The third-order valence-corrected chi connectivity index (χ3v) is 3.87. The summed E-state index contributed by atoms with van der Waals surface area (Å²) >= 11 is 0. The molecule has 0 unspecified atom stereocenters. The average molecular weight is 356 g/mol. The fraction of sp³-hybridized carbons (Fsp3) is 0.263. The number of carbonyl (C=O) groups is 2. The highest BCUT2D eigenvalue weighted by molar-refractivity contribution is 5.85. The normalized spacial score (nSPS) is 11.5. The fourth-order valence-electron chi connectivity index (χ4n) is 2.51. The molecule has 0 aromatic heterocycles. The standard InChI is InChI=1S/C19H20N2O5/c1-13-6-8-14(9-7-13)11-17(19(23)26-2)20-18(22)12-15-4-3-5-16(10-15)21(24)25/h3-10,17H,11-12H2,1-2H3,(H,20,22)/t17-/m0/s1. The van der Waals surface area contributed by atoms with Crippen LogP contribution < -0.4 is 5.32 Å². The Balaban J connectivity index is 2.06. The largest absolute Gasteiger partial charge is 0.467 e. The minimum Gasteiger partial charge on any atom is -0.467 e. The first-order valence-corrected chi connectivity index (χ1v) is 8.05. The molecule has 2 aromatic rings. The van der Waals surface area contributed by atoms with E-state index in [2.05, 4.69) is 5.32 Å². The minimum absolute atomic E-state index is 0.0664. The van der Waals surface area contributed by atoms with Gasteiger partial charge in [-0.25, -0.2) is 4.79 Å². The van der Waals surface area contributed by atoms with Crippen LogP contribution in [-0.2, 0) is 27.2 Å². The van der Waals surface area contributed by atoms with E-state index in [0.29, 0.717) is 12.0 Å². The van der Waals surface area contributed by atoms with E-state index in [1.165, 1.54) is 25.3 Å². The Kier molecular flexibility index (Phi) is 6.43. The number of non-ortho nitro benzene ring substituents is 1. The van der Waals surface area contributed by atoms with Crippen molar-refractivity contribution >= 4 is 17.6 Å². The predicted octanol–water partition coefficient (Wildman–Crippen LogP) is 2.35. The second-order valence-electron chi connectivity index (χ2n) is 5.94. The van der Waals surface area contributed by atoms with Crippen LogP contribution in [0, 0.1) is 17.0 Å². The van der Waals surface area contributed by atoms with Crippen molar-refractivity contribution in [3.05, 3.63) is 75.3 Å². The number of nitrogens with zero attached hydrogens (tertiary/aromatic N) is 1. The minimum atomic E-state index is -0.825. The Morgan fingerprint density at radius 2 is 1.85 bits per heavy atom. The van der Waals surface area contributed by atoms with E-state index in [4.69, 9.17) is 4.74 Å². The molecular weight excluding hydrogens is 336 g/mol. The number of nitro groups is 1. The van der Waals surface area contributed by atoms with Gasteiger partial charge in [-0.15, -0.1) is 0 Å². The van der Waals surface area contributed by atoms with E-state index >= 15 is 0 Å². The maximum absolute atomic E-state index is 12.3. The van der Waals surface area contributed by atoms with Crippen molar-refractivity contribution < 1.29 is 19.2 Å². The predicted molar refractivity (Wildman–Crippen MR) is 95.6 cm³/mol. The van der Waals surface area contributed by atoms with Gasteiger partial charge in [0.25, 0.3) is 5.69 Å². The molecular formula is C19H20N2O5. The van der Waals surface area contributed by atoms with E-state index in [1.807, 2.05) is 31.2 Å². The molecule has 0 bridgehead atoms. The number of nitro benzene ring substituents is 1. The van der Waals surface area contributed by atoms with Gasteiger partial charge in [0, 0.05) is 18.6 Å². The summed E-state index contributed by atoms with van der Waals surface area (Å²) in [7, 11) is 1.26. The van der Waals surface area contributed by atoms with Gasteiger partial charge in [-0.2, -0.15) is 0 Å². The molecule has 0 aliphatic carbocycles. The fourth-order valence-corrected chi connectivity index (χ4v) is 2.51. The highest BCUT2D eigenvalue weighted by Gasteiger charge is 2.22. The van der Waals surface area contributed by atoms with Gasteiger partial charge in [-0.1, -0.05) is 42.0 Å². The molecule has 136 valence electrons. The van der Waals surface area contributed by atoms with Gasteiger partial charge in [0.05, 0.1) is 18.5 Å². The van der Waals surface area contributed by atoms with Gasteiger partial charge in [-0.3, -0.25) is 14.9 Å². The zero-order valence-electron chi connectivity index (χ0n) is 14.6. The molecule has 26 heavy (non-hydrogen) atoms. The van der Waals surface area contributed by atoms with Crippen LogP contribution in [0.4, 0.5) is 5.69 Å². The van der Waals surface area contributed by atoms with Crippen molar-refractivity contribution in [2.24, 2.45) is 0 Å². The Hall–Kier alpha value is -3.22. The molecule has 1 amide bonds. The second kappa shape index (κ2) is 8.75. The summed E-state index contributed by atoms with van der Waals surface area (Å²) < 4.78 is 4.77. The second-order valence-corrected chi connectivity index (χ2v) is 5.94. The van der Waals surface area contributed by atoms with Gasteiger partial charge in [-0.05, 0) is 18.1 Å². The van der Waals surface area contributed by atoms with Gasteiger partial charge in [0.1, 0.15) is 6.04 Å². The zero-order valence-corrected chi connectivity index (χ0v) is 14.6. The van der Waals surface area contributed by atoms with E-state index in [1.54, 1.807) is 6.07 Å². The number of methoxy groups -OCH3 is 1. The first-order chi connectivity index (χ1) is 12.4. The van der Waals surface area contributed by atoms with Crippen molar-refractivity contribution in [1.82, 2.24) is 5.32 Å². The van der Waals surface area contributed by atoms with Crippen LogP contribution in [0.2, 0.25) is 0 Å². The van der Waals surface area contributed by atoms with Gasteiger partial charge < -0.3 is 10.1 Å². The summed E-state index contributed by atoms with van der Waals surface area (Å²) in [5.74, 6) is -0.953. The molecule has 0 saturated carbocycles. The Morgan fingerprint density at radius 3 is 2.46 bits per heavy atom. The zero-order chi connectivity index (χ0) is 19.1. The number of carbonyl (C=O) groups excluding carboxylic acids is 2. The van der Waals surface area contributed by atoms with E-state index < -0.39 is 22.8 Å². The number of nitrogens with one attached hydrogen (secondary N) is 1. The van der Waals surface area contributed by atoms with Crippen LogP contribution in [-0.4, -0.2) is 30.0 Å². The lowest BCUT2D eigenvalue weighted by Gasteiger charge is -2.17. The molecule has 7 nitrogen and oxygen atoms in total. The number of hydrogen-bond donors (Lipinski definition) is 1.